The lowest BCUT2D eigenvalue weighted by molar-refractivity contribution is 0.0702. The second kappa shape index (κ2) is 5.95. The van der Waals surface area contributed by atoms with Crippen molar-refractivity contribution < 1.29 is 9.53 Å². The Bertz CT molecular complexity index is 475. The highest BCUT2D eigenvalue weighted by Crippen LogP contribution is 2.27. The highest BCUT2D eigenvalue weighted by molar-refractivity contribution is 9.09. The summed E-state index contributed by atoms with van der Waals surface area (Å²) in [5.41, 5.74) is 1.74. The van der Waals surface area contributed by atoms with Crippen LogP contribution in [0.1, 0.15) is 29.3 Å². The van der Waals surface area contributed by atoms with Gasteiger partial charge in [0.15, 0.2) is 0 Å². The van der Waals surface area contributed by atoms with Crippen molar-refractivity contribution in [1.82, 2.24) is 4.90 Å². The Labute approximate surface area is 123 Å². The van der Waals surface area contributed by atoms with Crippen molar-refractivity contribution in [2.45, 2.75) is 25.1 Å². The number of piperidine rings is 1. The van der Waals surface area contributed by atoms with Crippen LogP contribution in [0.5, 0.6) is 5.75 Å². The summed E-state index contributed by atoms with van der Waals surface area (Å²) in [6.45, 7) is 5.78. The third-order valence-electron chi connectivity index (χ3n) is 3.74. The number of rotatable bonds is 2. The van der Waals surface area contributed by atoms with Crippen LogP contribution < -0.4 is 4.74 Å². The fourth-order valence-corrected chi connectivity index (χ4v) is 2.98. The van der Waals surface area contributed by atoms with Crippen LogP contribution in [0.4, 0.5) is 0 Å². The predicted molar refractivity (Wildman–Crippen MR) is 80.1 cm³/mol. The Morgan fingerprint density at radius 1 is 1.47 bits per heavy atom. The fourth-order valence-electron chi connectivity index (χ4n) is 2.37. The first kappa shape index (κ1) is 14.4. The summed E-state index contributed by atoms with van der Waals surface area (Å²) in [6.07, 6.45) is 1.04. The number of benzene rings is 1. The summed E-state index contributed by atoms with van der Waals surface area (Å²) in [6, 6.07) is 5.73. The summed E-state index contributed by atoms with van der Waals surface area (Å²) in [5, 5.41) is 0. The van der Waals surface area contributed by atoms with Crippen LogP contribution in [0.25, 0.3) is 0 Å². The van der Waals surface area contributed by atoms with Gasteiger partial charge >= 0.3 is 0 Å². The van der Waals surface area contributed by atoms with Crippen LogP contribution in [-0.2, 0) is 0 Å². The molecule has 1 heterocycles. The minimum absolute atomic E-state index is 0.0666. The number of alkyl halides is 1. The van der Waals surface area contributed by atoms with Gasteiger partial charge in [0.05, 0.1) is 12.7 Å². The van der Waals surface area contributed by atoms with E-state index in [2.05, 4.69) is 22.9 Å². The number of nitrogens with zero attached hydrogens (tertiary/aromatic N) is 1. The lowest BCUT2D eigenvalue weighted by Gasteiger charge is -2.34. The number of ether oxygens (including phenoxy) is 1. The van der Waals surface area contributed by atoms with E-state index >= 15 is 0 Å². The van der Waals surface area contributed by atoms with E-state index in [0.29, 0.717) is 22.1 Å². The van der Waals surface area contributed by atoms with Crippen molar-refractivity contribution in [1.29, 1.82) is 0 Å². The third-order valence-corrected chi connectivity index (χ3v) is 4.93. The zero-order valence-electron chi connectivity index (χ0n) is 11.6. The molecule has 1 amide bonds. The molecule has 1 fully saturated rings. The molecule has 0 spiro atoms. The molecule has 1 aliphatic rings. The molecule has 2 unspecified atom stereocenters. The van der Waals surface area contributed by atoms with E-state index in [1.165, 1.54) is 0 Å². The Kier molecular flexibility index (Phi) is 4.50. The summed E-state index contributed by atoms with van der Waals surface area (Å²) >= 11 is 3.66. The summed E-state index contributed by atoms with van der Waals surface area (Å²) < 4.78 is 5.30. The van der Waals surface area contributed by atoms with Crippen LogP contribution in [0.3, 0.4) is 0 Å². The van der Waals surface area contributed by atoms with Gasteiger partial charge in [0.1, 0.15) is 5.75 Å². The van der Waals surface area contributed by atoms with Gasteiger partial charge in [-0.05, 0) is 31.4 Å². The van der Waals surface area contributed by atoms with Crippen LogP contribution >= 0.6 is 15.9 Å². The second-order valence-corrected chi connectivity index (χ2v) is 6.41. The molecule has 0 bridgehead atoms. The van der Waals surface area contributed by atoms with Gasteiger partial charge in [-0.1, -0.05) is 34.5 Å². The van der Waals surface area contributed by atoms with Crippen LogP contribution in [0.15, 0.2) is 18.2 Å². The number of hydrogen-bond donors (Lipinski definition) is 0. The zero-order valence-corrected chi connectivity index (χ0v) is 13.2. The standard InChI is InChI=1S/C15H20BrNO2/c1-10-4-5-14(19-3)12(8-10)15(18)17-7-6-11(2)13(16)9-17/h4-5,8,11,13H,6-7,9H2,1-3H3. The van der Waals surface area contributed by atoms with Gasteiger partial charge < -0.3 is 9.64 Å². The Hall–Kier alpha value is -1.03. The normalized spacial score (nSPS) is 23.3. The lowest BCUT2D eigenvalue weighted by atomic mass is 9.98. The minimum Gasteiger partial charge on any atom is -0.496 e. The van der Waals surface area contributed by atoms with E-state index in [9.17, 15) is 4.79 Å². The quantitative estimate of drug-likeness (QED) is 0.781. The highest BCUT2D eigenvalue weighted by Gasteiger charge is 2.28. The number of amides is 1. The molecule has 0 radical (unpaired) electrons. The van der Waals surface area contributed by atoms with E-state index in [1.807, 2.05) is 30.0 Å². The smallest absolute Gasteiger partial charge is 0.257 e. The first-order chi connectivity index (χ1) is 9.02. The summed E-state index contributed by atoms with van der Waals surface area (Å²) in [7, 11) is 1.60. The molecule has 104 valence electrons. The summed E-state index contributed by atoms with van der Waals surface area (Å²) in [4.78, 5) is 14.9. The maximum absolute atomic E-state index is 12.6. The molecule has 1 aromatic carbocycles. The number of methoxy groups -OCH3 is 1. The molecule has 1 saturated heterocycles. The van der Waals surface area contributed by atoms with Crippen molar-refractivity contribution in [3.63, 3.8) is 0 Å². The summed E-state index contributed by atoms with van der Waals surface area (Å²) in [5.74, 6) is 1.33. The first-order valence-electron chi connectivity index (χ1n) is 6.61. The minimum atomic E-state index is 0.0666. The van der Waals surface area contributed by atoms with Crippen LogP contribution in [-0.4, -0.2) is 35.8 Å². The lowest BCUT2D eigenvalue weighted by Crippen LogP contribution is -2.43. The van der Waals surface area contributed by atoms with Gasteiger partial charge in [0.25, 0.3) is 5.91 Å². The van der Waals surface area contributed by atoms with E-state index in [1.54, 1.807) is 7.11 Å². The number of carbonyl (C=O) groups is 1. The molecule has 0 N–H and O–H groups in total. The molecule has 1 aromatic rings. The van der Waals surface area contributed by atoms with Crippen molar-refractivity contribution in [2.75, 3.05) is 20.2 Å². The van der Waals surface area contributed by atoms with E-state index in [4.69, 9.17) is 4.74 Å². The number of carbonyl (C=O) groups excluding carboxylic acids is 1. The van der Waals surface area contributed by atoms with E-state index in [0.717, 1.165) is 25.1 Å². The number of aryl methyl sites for hydroxylation is 1. The molecular weight excluding hydrogens is 306 g/mol. The maximum Gasteiger partial charge on any atom is 0.257 e. The molecule has 3 nitrogen and oxygen atoms in total. The predicted octanol–water partition coefficient (Wildman–Crippen LogP) is 3.25. The molecule has 2 atom stereocenters. The van der Waals surface area contributed by atoms with Gasteiger partial charge in [-0.15, -0.1) is 0 Å². The van der Waals surface area contributed by atoms with E-state index < -0.39 is 0 Å². The third kappa shape index (κ3) is 3.11. The molecule has 1 aliphatic heterocycles. The Morgan fingerprint density at radius 2 is 2.21 bits per heavy atom. The zero-order chi connectivity index (χ0) is 14.0. The average Bonchev–Trinajstić information content (AvgIpc) is 2.41. The van der Waals surface area contributed by atoms with E-state index in [-0.39, 0.29) is 5.91 Å². The number of likely N-dealkylation sites (tertiary alicyclic amines) is 1. The second-order valence-electron chi connectivity index (χ2n) is 5.24. The van der Waals surface area contributed by atoms with Crippen molar-refractivity contribution in [2.24, 2.45) is 5.92 Å². The monoisotopic (exact) mass is 325 g/mol. The van der Waals surface area contributed by atoms with Crippen molar-refractivity contribution >= 4 is 21.8 Å². The van der Waals surface area contributed by atoms with Gasteiger partial charge in [-0.25, -0.2) is 0 Å². The number of halogens is 1. The average molecular weight is 326 g/mol. The molecule has 0 aromatic heterocycles. The molecule has 2 rings (SSSR count). The Morgan fingerprint density at radius 3 is 2.84 bits per heavy atom. The molecule has 0 aliphatic carbocycles. The van der Waals surface area contributed by atoms with Gasteiger partial charge in [0, 0.05) is 17.9 Å². The largest absolute Gasteiger partial charge is 0.496 e. The van der Waals surface area contributed by atoms with Gasteiger partial charge in [-0.2, -0.15) is 0 Å². The van der Waals surface area contributed by atoms with Crippen molar-refractivity contribution in [3.8, 4) is 5.75 Å². The first-order valence-corrected chi connectivity index (χ1v) is 7.52. The molecule has 4 heteroatoms. The molecule has 0 saturated carbocycles. The Balaban J connectivity index is 2.22. The number of hydrogen-bond acceptors (Lipinski definition) is 2. The van der Waals surface area contributed by atoms with Crippen LogP contribution in [0, 0.1) is 12.8 Å². The highest BCUT2D eigenvalue weighted by atomic mass is 79.9. The topological polar surface area (TPSA) is 29.5 Å². The molecule has 19 heavy (non-hydrogen) atoms. The van der Waals surface area contributed by atoms with Gasteiger partial charge in [0.2, 0.25) is 0 Å². The van der Waals surface area contributed by atoms with Crippen LogP contribution in [0.2, 0.25) is 0 Å². The molecular formula is C15H20BrNO2. The van der Waals surface area contributed by atoms with Gasteiger partial charge in [-0.3, -0.25) is 4.79 Å². The maximum atomic E-state index is 12.6. The van der Waals surface area contributed by atoms with Crippen molar-refractivity contribution in [3.05, 3.63) is 29.3 Å². The SMILES string of the molecule is COc1ccc(C)cc1C(=O)N1CCC(C)C(Br)C1. The fraction of sp³-hybridized carbons (Fsp3) is 0.533.